The molecule has 2 aromatic rings. The van der Waals surface area contributed by atoms with Gasteiger partial charge in [0.1, 0.15) is 4.47 Å². The number of nitriles is 1. The first-order valence-electron chi connectivity index (χ1n) is 5.02. The van der Waals surface area contributed by atoms with Crippen molar-refractivity contribution in [2.45, 2.75) is 6.54 Å². The molecule has 4 nitrogen and oxygen atoms in total. The fourth-order valence-electron chi connectivity index (χ4n) is 1.49. The molecule has 0 saturated carbocycles. The number of nitrogens with zero attached hydrogens (tertiary/aromatic N) is 3. The predicted molar refractivity (Wildman–Crippen MR) is 74.2 cm³/mol. The van der Waals surface area contributed by atoms with Gasteiger partial charge in [-0.15, -0.1) is 0 Å². The highest BCUT2D eigenvalue weighted by molar-refractivity contribution is 9.13. The lowest BCUT2D eigenvalue weighted by Crippen LogP contribution is -2.24. The van der Waals surface area contributed by atoms with Crippen LogP contribution in [0.3, 0.4) is 0 Å². The number of halogens is 2. The van der Waals surface area contributed by atoms with E-state index in [4.69, 9.17) is 5.26 Å². The van der Waals surface area contributed by atoms with Gasteiger partial charge in [-0.25, -0.2) is 4.68 Å². The lowest BCUT2D eigenvalue weighted by molar-refractivity contribution is 0.632. The van der Waals surface area contributed by atoms with Gasteiger partial charge in [0.05, 0.1) is 28.8 Å². The number of hydrogen-bond acceptors (Lipinski definition) is 3. The Kier molecular flexibility index (Phi) is 3.94. The Morgan fingerprint density at radius 1 is 1.33 bits per heavy atom. The van der Waals surface area contributed by atoms with Gasteiger partial charge in [-0.3, -0.25) is 4.79 Å². The molecule has 1 aromatic heterocycles. The van der Waals surface area contributed by atoms with Crippen molar-refractivity contribution in [3.63, 3.8) is 0 Å². The van der Waals surface area contributed by atoms with Crippen molar-refractivity contribution in [3.05, 3.63) is 60.9 Å². The number of aromatic nitrogens is 2. The van der Waals surface area contributed by atoms with Crippen LogP contribution in [0, 0.1) is 11.3 Å². The molecule has 0 saturated heterocycles. The van der Waals surface area contributed by atoms with Gasteiger partial charge in [-0.2, -0.15) is 10.4 Å². The van der Waals surface area contributed by atoms with Gasteiger partial charge < -0.3 is 0 Å². The van der Waals surface area contributed by atoms with Gasteiger partial charge in [-0.1, -0.05) is 18.2 Å². The second-order valence-corrected chi connectivity index (χ2v) is 5.19. The van der Waals surface area contributed by atoms with Crippen LogP contribution in [0.2, 0.25) is 0 Å². The molecule has 0 N–H and O–H groups in total. The lowest BCUT2D eigenvalue weighted by atomic mass is 10.1. The molecule has 90 valence electrons. The van der Waals surface area contributed by atoms with Gasteiger partial charge in [0, 0.05) is 0 Å². The average Bonchev–Trinajstić information content (AvgIpc) is 2.40. The average molecular weight is 369 g/mol. The smallest absolute Gasteiger partial charge is 0.266 e. The fraction of sp³-hybridized carbons (Fsp3) is 0.0833. The third kappa shape index (κ3) is 2.52. The molecule has 6 heteroatoms. The van der Waals surface area contributed by atoms with E-state index in [2.05, 4.69) is 43.0 Å². The zero-order chi connectivity index (χ0) is 13.1. The SMILES string of the molecule is N#Cc1ccccc1Cn1ncc(Br)c(Br)c1=O. The van der Waals surface area contributed by atoms with E-state index in [9.17, 15) is 4.79 Å². The van der Waals surface area contributed by atoms with E-state index in [1.165, 1.54) is 4.68 Å². The third-order valence-electron chi connectivity index (χ3n) is 2.40. The zero-order valence-corrected chi connectivity index (χ0v) is 12.3. The van der Waals surface area contributed by atoms with Crippen LogP contribution in [-0.2, 0) is 6.54 Å². The summed E-state index contributed by atoms with van der Waals surface area (Å²) in [6.07, 6.45) is 1.54. The number of benzene rings is 1. The lowest BCUT2D eigenvalue weighted by Gasteiger charge is -2.07. The van der Waals surface area contributed by atoms with E-state index in [1.807, 2.05) is 12.1 Å². The fourth-order valence-corrected chi connectivity index (χ4v) is 2.05. The number of rotatable bonds is 2. The molecule has 0 radical (unpaired) electrons. The summed E-state index contributed by atoms with van der Waals surface area (Å²) in [5.74, 6) is 0. The minimum atomic E-state index is -0.239. The van der Waals surface area contributed by atoms with Crippen molar-refractivity contribution in [3.8, 4) is 6.07 Å². The molecule has 0 spiro atoms. The minimum Gasteiger partial charge on any atom is -0.266 e. The summed E-state index contributed by atoms with van der Waals surface area (Å²) in [5, 5.41) is 13.0. The van der Waals surface area contributed by atoms with Gasteiger partial charge in [0.25, 0.3) is 5.56 Å². The van der Waals surface area contributed by atoms with E-state index in [1.54, 1.807) is 18.3 Å². The maximum atomic E-state index is 11.9. The van der Waals surface area contributed by atoms with E-state index in [0.29, 0.717) is 14.5 Å². The molecular formula is C12H7Br2N3O. The van der Waals surface area contributed by atoms with Crippen LogP contribution in [0.25, 0.3) is 0 Å². The third-order valence-corrected chi connectivity index (χ3v) is 4.30. The van der Waals surface area contributed by atoms with Gasteiger partial charge in [-0.05, 0) is 43.5 Å². The highest BCUT2D eigenvalue weighted by atomic mass is 79.9. The second-order valence-electron chi connectivity index (χ2n) is 3.54. The van der Waals surface area contributed by atoms with Gasteiger partial charge in [0.2, 0.25) is 0 Å². The van der Waals surface area contributed by atoms with Crippen molar-refractivity contribution in [2.75, 3.05) is 0 Å². The Bertz CT molecular complexity index is 688. The van der Waals surface area contributed by atoms with Crippen molar-refractivity contribution >= 4 is 31.9 Å². The molecule has 0 bridgehead atoms. The molecule has 2 rings (SSSR count). The van der Waals surface area contributed by atoms with E-state index < -0.39 is 0 Å². The zero-order valence-electron chi connectivity index (χ0n) is 9.10. The van der Waals surface area contributed by atoms with Crippen LogP contribution >= 0.6 is 31.9 Å². The van der Waals surface area contributed by atoms with Crippen LogP contribution in [0.4, 0.5) is 0 Å². The first-order valence-corrected chi connectivity index (χ1v) is 6.61. The largest absolute Gasteiger partial charge is 0.282 e. The van der Waals surface area contributed by atoms with Gasteiger partial charge >= 0.3 is 0 Å². The maximum absolute atomic E-state index is 11.9. The predicted octanol–water partition coefficient (Wildman–Crippen LogP) is 2.69. The summed E-state index contributed by atoms with van der Waals surface area (Å²) in [6, 6.07) is 9.24. The Hall–Kier alpha value is -1.45. The van der Waals surface area contributed by atoms with Crippen LogP contribution < -0.4 is 5.56 Å². The molecule has 0 atom stereocenters. The Labute approximate surface area is 120 Å². The van der Waals surface area contributed by atoms with Crippen molar-refractivity contribution in [1.29, 1.82) is 5.26 Å². The minimum absolute atomic E-state index is 0.239. The highest BCUT2D eigenvalue weighted by Crippen LogP contribution is 2.17. The molecule has 0 aliphatic rings. The van der Waals surface area contributed by atoms with Crippen molar-refractivity contribution in [2.24, 2.45) is 0 Å². The Morgan fingerprint density at radius 2 is 2.06 bits per heavy atom. The molecule has 0 fully saturated rings. The first-order chi connectivity index (χ1) is 8.63. The summed E-state index contributed by atoms with van der Waals surface area (Å²) in [7, 11) is 0. The maximum Gasteiger partial charge on any atom is 0.282 e. The van der Waals surface area contributed by atoms with Crippen molar-refractivity contribution in [1.82, 2.24) is 9.78 Å². The van der Waals surface area contributed by atoms with Gasteiger partial charge in [0.15, 0.2) is 0 Å². The molecular weight excluding hydrogens is 362 g/mol. The van der Waals surface area contributed by atoms with E-state index in [-0.39, 0.29) is 12.1 Å². The molecule has 0 amide bonds. The van der Waals surface area contributed by atoms with Crippen LogP contribution in [0.15, 0.2) is 44.2 Å². The molecule has 0 aliphatic heterocycles. The molecule has 1 heterocycles. The van der Waals surface area contributed by atoms with Crippen molar-refractivity contribution < 1.29 is 0 Å². The normalized spacial score (nSPS) is 10.1. The monoisotopic (exact) mass is 367 g/mol. The summed E-state index contributed by atoms with van der Waals surface area (Å²) in [5.41, 5.74) is 1.08. The van der Waals surface area contributed by atoms with E-state index >= 15 is 0 Å². The van der Waals surface area contributed by atoms with Crippen LogP contribution in [0.1, 0.15) is 11.1 Å². The first kappa shape index (κ1) is 13.0. The summed E-state index contributed by atoms with van der Waals surface area (Å²) in [6.45, 7) is 0.272. The summed E-state index contributed by atoms with van der Waals surface area (Å²) in [4.78, 5) is 11.9. The quantitative estimate of drug-likeness (QED) is 0.818. The van der Waals surface area contributed by atoms with E-state index in [0.717, 1.165) is 5.56 Å². The second kappa shape index (κ2) is 5.46. The summed E-state index contributed by atoms with van der Waals surface area (Å²) < 4.78 is 2.34. The highest BCUT2D eigenvalue weighted by Gasteiger charge is 2.08. The molecule has 1 aromatic carbocycles. The molecule has 18 heavy (non-hydrogen) atoms. The Morgan fingerprint density at radius 3 is 2.78 bits per heavy atom. The molecule has 0 aliphatic carbocycles. The topological polar surface area (TPSA) is 58.7 Å². The van der Waals surface area contributed by atoms with Crippen LogP contribution in [-0.4, -0.2) is 9.78 Å². The Balaban J connectivity index is 2.45. The number of hydrogen-bond donors (Lipinski definition) is 0. The standard InChI is InChI=1S/C12H7Br2N3O/c13-10-6-16-17(12(18)11(10)14)7-9-4-2-1-3-8(9)5-15/h1-4,6H,7H2. The van der Waals surface area contributed by atoms with Crippen LogP contribution in [0.5, 0.6) is 0 Å². The summed E-state index contributed by atoms with van der Waals surface area (Å²) >= 11 is 6.41. The molecule has 0 unspecified atom stereocenters.